The molecule has 0 amide bonds. The van der Waals surface area contributed by atoms with Crippen molar-refractivity contribution in [3.05, 3.63) is 39.8 Å². The standard InChI is InChI=1S/C10H9ClN6/c11-10-9-8(14-6-15-10)7(5-13-9)3-1-2-4-16-17-12/h1,3,5-6,13H,2,4H2. The van der Waals surface area contributed by atoms with Gasteiger partial charge in [0.05, 0.1) is 0 Å². The Hall–Kier alpha value is -2.04. The van der Waals surface area contributed by atoms with Crippen LogP contribution in [-0.4, -0.2) is 21.5 Å². The minimum Gasteiger partial charge on any atom is -0.357 e. The highest BCUT2D eigenvalue weighted by molar-refractivity contribution is 6.33. The Morgan fingerprint density at radius 2 is 2.41 bits per heavy atom. The van der Waals surface area contributed by atoms with Crippen LogP contribution in [0.4, 0.5) is 0 Å². The molecule has 0 saturated heterocycles. The van der Waals surface area contributed by atoms with Crippen LogP contribution in [0.3, 0.4) is 0 Å². The van der Waals surface area contributed by atoms with Crippen molar-refractivity contribution in [3.63, 3.8) is 0 Å². The van der Waals surface area contributed by atoms with E-state index in [9.17, 15) is 0 Å². The van der Waals surface area contributed by atoms with Crippen LogP contribution in [0.15, 0.2) is 23.7 Å². The van der Waals surface area contributed by atoms with Crippen molar-refractivity contribution in [2.45, 2.75) is 6.42 Å². The van der Waals surface area contributed by atoms with E-state index in [4.69, 9.17) is 17.1 Å². The molecule has 0 aliphatic carbocycles. The largest absolute Gasteiger partial charge is 0.357 e. The number of fused-ring (bicyclic) bond motifs is 1. The molecular weight excluding hydrogens is 240 g/mol. The summed E-state index contributed by atoms with van der Waals surface area (Å²) in [5.41, 5.74) is 10.6. The predicted octanol–water partition coefficient (Wildman–Crippen LogP) is 3.32. The molecule has 7 heteroatoms. The molecule has 2 rings (SSSR count). The molecular formula is C10H9ClN6. The van der Waals surface area contributed by atoms with Gasteiger partial charge in [0.25, 0.3) is 0 Å². The van der Waals surface area contributed by atoms with Gasteiger partial charge < -0.3 is 4.98 Å². The second-order valence-electron chi connectivity index (χ2n) is 3.28. The van der Waals surface area contributed by atoms with Crippen LogP contribution in [0.2, 0.25) is 5.15 Å². The highest BCUT2D eigenvalue weighted by Crippen LogP contribution is 2.21. The molecule has 1 N–H and O–H groups in total. The van der Waals surface area contributed by atoms with Gasteiger partial charge in [-0.25, -0.2) is 9.97 Å². The molecule has 2 aromatic rings. The van der Waals surface area contributed by atoms with Gasteiger partial charge in [-0.05, 0) is 12.0 Å². The second kappa shape index (κ2) is 5.34. The maximum absolute atomic E-state index is 8.12. The number of hydrogen-bond acceptors (Lipinski definition) is 3. The fourth-order valence-corrected chi connectivity index (χ4v) is 1.63. The van der Waals surface area contributed by atoms with Gasteiger partial charge in [0.15, 0.2) is 5.15 Å². The third-order valence-electron chi connectivity index (χ3n) is 2.20. The first-order chi connectivity index (χ1) is 8.33. The molecule has 0 radical (unpaired) electrons. The molecule has 2 aromatic heterocycles. The molecule has 86 valence electrons. The molecule has 0 spiro atoms. The number of nitrogens with one attached hydrogen (secondary N) is 1. The zero-order valence-corrected chi connectivity index (χ0v) is 9.59. The van der Waals surface area contributed by atoms with Gasteiger partial charge >= 0.3 is 0 Å². The predicted molar refractivity (Wildman–Crippen MR) is 66.6 cm³/mol. The molecule has 0 fully saturated rings. The van der Waals surface area contributed by atoms with Gasteiger partial charge in [-0.3, -0.25) is 0 Å². The summed E-state index contributed by atoms with van der Waals surface area (Å²) in [6.07, 6.45) is 7.77. The number of aromatic nitrogens is 3. The lowest BCUT2D eigenvalue weighted by atomic mass is 10.2. The highest BCUT2D eigenvalue weighted by Gasteiger charge is 2.05. The first kappa shape index (κ1) is 11.4. The van der Waals surface area contributed by atoms with Crippen molar-refractivity contribution in [2.75, 3.05) is 6.54 Å². The Kier molecular flexibility index (Phi) is 3.59. The fourth-order valence-electron chi connectivity index (χ4n) is 1.44. The Bertz CT molecular complexity index is 596. The maximum atomic E-state index is 8.12. The number of azide groups is 1. The molecule has 0 aliphatic heterocycles. The van der Waals surface area contributed by atoms with Gasteiger partial charge in [0, 0.05) is 23.2 Å². The molecule has 2 heterocycles. The van der Waals surface area contributed by atoms with E-state index in [-0.39, 0.29) is 0 Å². The van der Waals surface area contributed by atoms with Crippen LogP contribution in [0.25, 0.3) is 27.6 Å². The molecule has 0 bridgehead atoms. The van der Waals surface area contributed by atoms with Crippen molar-refractivity contribution in [1.82, 2.24) is 15.0 Å². The van der Waals surface area contributed by atoms with Crippen molar-refractivity contribution in [1.29, 1.82) is 0 Å². The fraction of sp³-hybridized carbons (Fsp3) is 0.200. The summed E-state index contributed by atoms with van der Waals surface area (Å²) in [4.78, 5) is 13.7. The number of halogens is 1. The smallest absolute Gasteiger partial charge is 0.156 e. The second-order valence-corrected chi connectivity index (χ2v) is 3.64. The lowest BCUT2D eigenvalue weighted by Gasteiger charge is -1.92. The van der Waals surface area contributed by atoms with Crippen LogP contribution >= 0.6 is 11.6 Å². The Balaban J connectivity index is 2.19. The Labute approximate surface area is 102 Å². The minimum atomic E-state index is 0.406. The van der Waals surface area contributed by atoms with Gasteiger partial charge in [-0.15, -0.1) is 0 Å². The lowest BCUT2D eigenvalue weighted by molar-refractivity contribution is 0.996. The third kappa shape index (κ3) is 2.55. The van der Waals surface area contributed by atoms with E-state index in [0.717, 1.165) is 16.6 Å². The van der Waals surface area contributed by atoms with E-state index in [2.05, 4.69) is 25.0 Å². The van der Waals surface area contributed by atoms with Crippen LogP contribution in [0.5, 0.6) is 0 Å². The molecule has 0 saturated carbocycles. The summed E-state index contributed by atoms with van der Waals surface area (Å²) >= 11 is 5.91. The minimum absolute atomic E-state index is 0.406. The first-order valence-corrected chi connectivity index (χ1v) is 5.35. The van der Waals surface area contributed by atoms with Gasteiger partial charge in [0.1, 0.15) is 17.4 Å². The average Bonchev–Trinajstić information content (AvgIpc) is 2.74. The van der Waals surface area contributed by atoms with Crippen molar-refractivity contribution in [3.8, 4) is 0 Å². The zero-order valence-electron chi connectivity index (χ0n) is 8.84. The highest BCUT2D eigenvalue weighted by atomic mass is 35.5. The first-order valence-electron chi connectivity index (χ1n) is 4.98. The molecule has 17 heavy (non-hydrogen) atoms. The molecule has 6 nitrogen and oxygen atoms in total. The zero-order chi connectivity index (χ0) is 12.1. The molecule has 0 aliphatic rings. The summed E-state index contributed by atoms with van der Waals surface area (Å²) < 4.78 is 0. The number of nitrogens with zero attached hydrogens (tertiary/aromatic N) is 5. The number of rotatable bonds is 4. The van der Waals surface area contributed by atoms with E-state index in [1.54, 1.807) is 0 Å². The van der Waals surface area contributed by atoms with Crippen molar-refractivity contribution in [2.24, 2.45) is 5.11 Å². The SMILES string of the molecule is [N-]=[N+]=NCCC=Cc1c[nH]c2c(Cl)ncnc12. The lowest BCUT2D eigenvalue weighted by Crippen LogP contribution is -1.81. The Morgan fingerprint density at radius 3 is 3.24 bits per heavy atom. The Morgan fingerprint density at radius 1 is 1.53 bits per heavy atom. The average molecular weight is 249 g/mol. The van der Waals surface area contributed by atoms with Gasteiger partial charge in [-0.1, -0.05) is 28.9 Å². The van der Waals surface area contributed by atoms with Gasteiger partial charge in [-0.2, -0.15) is 0 Å². The van der Waals surface area contributed by atoms with Crippen LogP contribution < -0.4 is 0 Å². The quantitative estimate of drug-likeness (QED) is 0.296. The number of hydrogen-bond donors (Lipinski definition) is 1. The van der Waals surface area contributed by atoms with Crippen molar-refractivity contribution >= 4 is 28.7 Å². The summed E-state index contributed by atoms with van der Waals surface area (Å²) in [5.74, 6) is 0. The van der Waals surface area contributed by atoms with Gasteiger partial charge in [0.2, 0.25) is 0 Å². The van der Waals surface area contributed by atoms with E-state index in [0.29, 0.717) is 18.1 Å². The topological polar surface area (TPSA) is 90.3 Å². The van der Waals surface area contributed by atoms with Crippen molar-refractivity contribution < 1.29 is 0 Å². The monoisotopic (exact) mass is 248 g/mol. The molecule has 0 unspecified atom stereocenters. The summed E-state index contributed by atoms with van der Waals surface area (Å²) in [5, 5.41) is 3.85. The van der Waals surface area contributed by atoms with E-state index >= 15 is 0 Å². The maximum Gasteiger partial charge on any atom is 0.156 e. The number of aromatic amines is 1. The summed E-state index contributed by atoms with van der Waals surface area (Å²) in [6, 6.07) is 0. The summed E-state index contributed by atoms with van der Waals surface area (Å²) in [7, 11) is 0. The van der Waals surface area contributed by atoms with E-state index in [1.165, 1.54) is 6.33 Å². The third-order valence-corrected chi connectivity index (χ3v) is 2.49. The normalized spacial score (nSPS) is 10.9. The summed E-state index contributed by atoms with van der Waals surface area (Å²) in [6.45, 7) is 0.449. The number of H-pyrrole nitrogens is 1. The van der Waals surface area contributed by atoms with E-state index < -0.39 is 0 Å². The van der Waals surface area contributed by atoms with Crippen LogP contribution in [0, 0.1) is 0 Å². The van der Waals surface area contributed by atoms with Crippen LogP contribution in [0.1, 0.15) is 12.0 Å². The van der Waals surface area contributed by atoms with Crippen LogP contribution in [-0.2, 0) is 0 Å². The molecule has 0 atom stereocenters. The van der Waals surface area contributed by atoms with E-state index in [1.807, 2.05) is 18.3 Å². The molecule has 0 aromatic carbocycles.